The summed E-state index contributed by atoms with van der Waals surface area (Å²) in [5, 5.41) is 7.25. The van der Waals surface area contributed by atoms with Crippen molar-refractivity contribution in [3.8, 4) is 17.0 Å². The molecule has 2 aromatic heterocycles. The maximum absolute atomic E-state index is 13.3. The molecule has 4 aromatic rings. The number of benzene rings is 2. The zero-order valence-corrected chi connectivity index (χ0v) is 16.5. The molecule has 0 aliphatic rings. The molecule has 152 valence electrons. The predicted molar refractivity (Wildman–Crippen MR) is 109 cm³/mol. The minimum atomic E-state index is -0.407. The Morgan fingerprint density at radius 2 is 2.00 bits per heavy atom. The van der Waals surface area contributed by atoms with Gasteiger partial charge < -0.3 is 10.1 Å². The second kappa shape index (κ2) is 8.28. The Bertz CT molecular complexity index is 1190. The van der Waals surface area contributed by atoms with E-state index in [1.807, 2.05) is 30.3 Å². The molecule has 2 heterocycles. The molecule has 4 rings (SSSR count). The summed E-state index contributed by atoms with van der Waals surface area (Å²) in [5.74, 6) is 0.642. The van der Waals surface area contributed by atoms with Gasteiger partial charge in [0.15, 0.2) is 11.5 Å². The average Bonchev–Trinajstić information content (AvgIpc) is 3.17. The van der Waals surface area contributed by atoms with Gasteiger partial charge in [0.2, 0.25) is 5.91 Å². The Kier molecular flexibility index (Phi) is 5.38. The van der Waals surface area contributed by atoms with Crippen LogP contribution in [0.5, 0.6) is 5.75 Å². The molecule has 0 aliphatic heterocycles. The first-order chi connectivity index (χ1) is 14.5. The molecular formula is C22H20FN5O2. The summed E-state index contributed by atoms with van der Waals surface area (Å²) in [6.07, 6.45) is 1.67. The lowest BCUT2D eigenvalue weighted by Crippen LogP contribution is -2.28. The second-order valence-electron chi connectivity index (χ2n) is 6.87. The Balaban J connectivity index is 1.49. The van der Waals surface area contributed by atoms with Crippen LogP contribution in [-0.4, -0.2) is 32.6 Å². The fourth-order valence-corrected chi connectivity index (χ4v) is 3.10. The van der Waals surface area contributed by atoms with Crippen molar-refractivity contribution in [2.45, 2.75) is 19.4 Å². The number of hydrogen-bond donors (Lipinski definition) is 1. The van der Waals surface area contributed by atoms with Gasteiger partial charge in [-0.1, -0.05) is 12.1 Å². The van der Waals surface area contributed by atoms with Crippen LogP contribution in [0.2, 0.25) is 0 Å². The van der Waals surface area contributed by atoms with Gasteiger partial charge in [0, 0.05) is 11.6 Å². The Morgan fingerprint density at radius 1 is 1.20 bits per heavy atom. The molecule has 0 spiro atoms. The zero-order chi connectivity index (χ0) is 21.1. The molecule has 1 atom stereocenters. The van der Waals surface area contributed by atoms with Crippen molar-refractivity contribution >= 4 is 11.6 Å². The molecule has 0 aliphatic carbocycles. The third-order valence-electron chi connectivity index (χ3n) is 4.65. The molecule has 0 saturated heterocycles. The Morgan fingerprint density at radius 3 is 2.73 bits per heavy atom. The first kappa shape index (κ1) is 19.5. The third-order valence-corrected chi connectivity index (χ3v) is 4.65. The van der Waals surface area contributed by atoms with Crippen LogP contribution in [0.3, 0.4) is 0 Å². The summed E-state index contributed by atoms with van der Waals surface area (Å²) < 4.78 is 20.0. The number of ether oxygens (including phenoxy) is 1. The monoisotopic (exact) mass is 405 g/mol. The highest BCUT2D eigenvalue weighted by Crippen LogP contribution is 2.21. The molecule has 0 saturated carbocycles. The molecule has 2 aromatic carbocycles. The summed E-state index contributed by atoms with van der Waals surface area (Å²) in [6, 6.07) is 15.0. The maximum Gasteiger partial charge on any atom is 0.225 e. The van der Waals surface area contributed by atoms with Crippen molar-refractivity contribution in [2.75, 3.05) is 7.11 Å². The summed E-state index contributed by atoms with van der Waals surface area (Å²) in [5.41, 5.74) is 2.92. The lowest BCUT2D eigenvalue weighted by molar-refractivity contribution is -0.121. The largest absolute Gasteiger partial charge is 0.497 e. The fourth-order valence-electron chi connectivity index (χ4n) is 3.10. The number of rotatable bonds is 6. The van der Waals surface area contributed by atoms with Gasteiger partial charge in [-0.05, 0) is 48.9 Å². The van der Waals surface area contributed by atoms with E-state index in [4.69, 9.17) is 4.74 Å². The van der Waals surface area contributed by atoms with E-state index in [-0.39, 0.29) is 18.1 Å². The van der Waals surface area contributed by atoms with Gasteiger partial charge in [0.05, 0.1) is 25.3 Å². The van der Waals surface area contributed by atoms with Crippen molar-refractivity contribution in [3.63, 3.8) is 0 Å². The summed E-state index contributed by atoms with van der Waals surface area (Å²) >= 11 is 0. The normalized spacial score (nSPS) is 12.0. The first-order valence-corrected chi connectivity index (χ1v) is 9.42. The average molecular weight is 405 g/mol. The van der Waals surface area contributed by atoms with Crippen molar-refractivity contribution in [1.82, 2.24) is 24.9 Å². The predicted octanol–water partition coefficient (Wildman–Crippen LogP) is 3.36. The number of aromatic nitrogens is 4. The minimum absolute atomic E-state index is 0.0820. The van der Waals surface area contributed by atoms with E-state index in [0.717, 1.165) is 17.0 Å². The number of nitrogens with zero attached hydrogens (tertiary/aromatic N) is 4. The van der Waals surface area contributed by atoms with Crippen molar-refractivity contribution in [1.29, 1.82) is 0 Å². The minimum Gasteiger partial charge on any atom is -0.497 e. The van der Waals surface area contributed by atoms with Crippen LogP contribution in [0.15, 0.2) is 60.9 Å². The molecule has 0 unspecified atom stereocenters. The van der Waals surface area contributed by atoms with Crippen LogP contribution >= 0.6 is 0 Å². The Labute approximate surface area is 172 Å². The molecule has 0 bridgehead atoms. The summed E-state index contributed by atoms with van der Waals surface area (Å²) in [4.78, 5) is 21.2. The number of carbonyl (C=O) groups excluding carboxylic acids is 1. The molecular weight excluding hydrogens is 385 g/mol. The van der Waals surface area contributed by atoms with E-state index in [0.29, 0.717) is 17.0 Å². The van der Waals surface area contributed by atoms with Gasteiger partial charge in [-0.2, -0.15) is 0 Å². The van der Waals surface area contributed by atoms with E-state index in [9.17, 15) is 9.18 Å². The van der Waals surface area contributed by atoms with E-state index in [1.165, 1.54) is 12.1 Å². The van der Waals surface area contributed by atoms with Crippen LogP contribution in [0.4, 0.5) is 4.39 Å². The highest BCUT2D eigenvalue weighted by atomic mass is 19.1. The number of hydrogen-bond acceptors (Lipinski definition) is 5. The number of nitrogens with one attached hydrogen (secondary N) is 1. The zero-order valence-electron chi connectivity index (χ0n) is 16.5. The highest BCUT2D eigenvalue weighted by Gasteiger charge is 2.16. The van der Waals surface area contributed by atoms with E-state index >= 15 is 0 Å². The van der Waals surface area contributed by atoms with Crippen molar-refractivity contribution in [2.24, 2.45) is 0 Å². The third kappa shape index (κ3) is 4.27. The standard InChI is InChI=1S/C22H20FN5O2/c1-14(25-21(29)11-15-4-3-5-17(23)10-15)22-26-20-12-19(24-13-28(20)27-22)16-6-8-18(30-2)9-7-16/h3-10,12-14H,11H2,1-2H3,(H,25,29)/t14-/m1/s1. The number of methoxy groups -OCH3 is 1. The number of carbonyl (C=O) groups is 1. The van der Waals surface area contributed by atoms with Crippen molar-refractivity contribution < 1.29 is 13.9 Å². The van der Waals surface area contributed by atoms with Gasteiger partial charge in [0.25, 0.3) is 0 Å². The van der Waals surface area contributed by atoms with Crippen LogP contribution in [0, 0.1) is 5.82 Å². The molecule has 30 heavy (non-hydrogen) atoms. The van der Waals surface area contributed by atoms with E-state index < -0.39 is 6.04 Å². The maximum atomic E-state index is 13.3. The summed E-state index contributed by atoms with van der Waals surface area (Å²) in [6.45, 7) is 1.80. The van der Waals surface area contributed by atoms with Crippen LogP contribution in [0.1, 0.15) is 24.4 Å². The smallest absolute Gasteiger partial charge is 0.225 e. The van der Waals surface area contributed by atoms with E-state index in [2.05, 4.69) is 20.4 Å². The Hall–Kier alpha value is -3.81. The quantitative estimate of drug-likeness (QED) is 0.532. The van der Waals surface area contributed by atoms with Gasteiger partial charge in [-0.3, -0.25) is 4.79 Å². The lowest BCUT2D eigenvalue weighted by Gasteiger charge is -2.10. The second-order valence-corrected chi connectivity index (χ2v) is 6.87. The first-order valence-electron chi connectivity index (χ1n) is 9.42. The van der Waals surface area contributed by atoms with Crippen molar-refractivity contribution in [3.05, 3.63) is 78.1 Å². The topological polar surface area (TPSA) is 81.4 Å². The lowest BCUT2D eigenvalue weighted by atomic mass is 10.1. The van der Waals surface area contributed by atoms with Crippen LogP contribution < -0.4 is 10.1 Å². The van der Waals surface area contributed by atoms with E-state index in [1.54, 1.807) is 37.0 Å². The SMILES string of the molecule is COc1ccc(-c2cc3nc([C@@H](C)NC(=O)Cc4cccc(F)c4)nn3cn2)cc1. The number of amides is 1. The molecule has 0 radical (unpaired) electrons. The molecule has 8 heteroatoms. The van der Waals surface area contributed by atoms with Crippen LogP contribution in [0.25, 0.3) is 16.9 Å². The molecule has 1 amide bonds. The van der Waals surface area contributed by atoms with Gasteiger partial charge in [-0.15, -0.1) is 5.10 Å². The molecule has 7 nitrogen and oxygen atoms in total. The fraction of sp³-hybridized carbons (Fsp3) is 0.182. The molecule has 1 N–H and O–H groups in total. The number of halogens is 1. The van der Waals surface area contributed by atoms with Gasteiger partial charge in [0.1, 0.15) is 17.9 Å². The van der Waals surface area contributed by atoms with Gasteiger partial charge >= 0.3 is 0 Å². The molecule has 0 fully saturated rings. The van der Waals surface area contributed by atoms with Gasteiger partial charge in [-0.25, -0.2) is 18.9 Å². The highest BCUT2D eigenvalue weighted by molar-refractivity contribution is 5.78. The number of fused-ring (bicyclic) bond motifs is 1. The summed E-state index contributed by atoms with van der Waals surface area (Å²) in [7, 11) is 1.62. The van der Waals surface area contributed by atoms with Crippen LogP contribution in [-0.2, 0) is 11.2 Å².